The second-order valence-corrected chi connectivity index (χ2v) is 4.06. The van der Waals surface area contributed by atoms with Gasteiger partial charge in [-0.2, -0.15) is 0 Å². The van der Waals surface area contributed by atoms with E-state index in [2.05, 4.69) is 27.9 Å². The molecule has 0 aliphatic rings. The second kappa shape index (κ2) is 5.16. The topological polar surface area (TPSA) is 81.1 Å². The SMILES string of the molecule is NCCNC(=O)c1cc(N)cc(I)c1. The number of anilines is 1. The van der Waals surface area contributed by atoms with Gasteiger partial charge >= 0.3 is 0 Å². The Morgan fingerprint density at radius 2 is 2.14 bits per heavy atom. The first-order valence-corrected chi connectivity index (χ1v) is 5.25. The van der Waals surface area contributed by atoms with E-state index >= 15 is 0 Å². The highest BCUT2D eigenvalue weighted by atomic mass is 127. The van der Waals surface area contributed by atoms with Gasteiger partial charge in [-0.05, 0) is 40.8 Å². The Hall–Kier alpha value is -0.820. The van der Waals surface area contributed by atoms with Crippen molar-refractivity contribution in [3.05, 3.63) is 27.3 Å². The summed E-state index contributed by atoms with van der Waals surface area (Å²) in [7, 11) is 0. The van der Waals surface area contributed by atoms with Crippen LogP contribution >= 0.6 is 22.6 Å². The van der Waals surface area contributed by atoms with Crippen molar-refractivity contribution < 1.29 is 4.79 Å². The maximum atomic E-state index is 11.5. The van der Waals surface area contributed by atoms with Crippen molar-refractivity contribution in [3.8, 4) is 0 Å². The smallest absolute Gasteiger partial charge is 0.251 e. The summed E-state index contributed by atoms with van der Waals surface area (Å²) in [6.45, 7) is 0.912. The predicted molar refractivity (Wildman–Crippen MR) is 65.0 cm³/mol. The van der Waals surface area contributed by atoms with Crippen LogP contribution in [0.1, 0.15) is 10.4 Å². The molecule has 0 radical (unpaired) electrons. The summed E-state index contributed by atoms with van der Waals surface area (Å²) in [5.41, 5.74) is 12.1. The van der Waals surface area contributed by atoms with Crippen molar-refractivity contribution in [1.29, 1.82) is 0 Å². The molecule has 0 spiro atoms. The van der Waals surface area contributed by atoms with Crippen LogP contribution in [0.25, 0.3) is 0 Å². The van der Waals surface area contributed by atoms with Gasteiger partial charge < -0.3 is 16.8 Å². The van der Waals surface area contributed by atoms with Crippen LogP contribution in [-0.4, -0.2) is 19.0 Å². The molecule has 0 saturated heterocycles. The van der Waals surface area contributed by atoms with Crippen molar-refractivity contribution in [3.63, 3.8) is 0 Å². The summed E-state index contributed by atoms with van der Waals surface area (Å²) in [6.07, 6.45) is 0. The fourth-order valence-electron chi connectivity index (χ4n) is 1.03. The number of carbonyl (C=O) groups excluding carboxylic acids is 1. The first-order chi connectivity index (χ1) is 6.63. The highest BCUT2D eigenvalue weighted by molar-refractivity contribution is 14.1. The maximum Gasteiger partial charge on any atom is 0.251 e. The van der Waals surface area contributed by atoms with E-state index in [0.29, 0.717) is 24.3 Å². The number of nitrogens with one attached hydrogen (secondary N) is 1. The molecular weight excluding hydrogens is 293 g/mol. The largest absolute Gasteiger partial charge is 0.399 e. The van der Waals surface area contributed by atoms with Gasteiger partial charge in [0.2, 0.25) is 0 Å². The maximum absolute atomic E-state index is 11.5. The first kappa shape index (κ1) is 11.3. The lowest BCUT2D eigenvalue weighted by atomic mass is 10.2. The number of nitrogens with two attached hydrogens (primary N) is 2. The third-order valence-electron chi connectivity index (χ3n) is 1.61. The molecule has 0 atom stereocenters. The molecule has 14 heavy (non-hydrogen) atoms. The van der Waals surface area contributed by atoms with E-state index < -0.39 is 0 Å². The number of carbonyl (C=O) groups is 1. The molecule has 5 N–H and O–H groups in total. The summed E-state index contributed by atoms with van der Waals surface area (Å²) < 4.78 is 0.945. The molecule has 1 aromatic carbocycles. The van der Waals surface area contributed by atoms with Crippen LogP contribution in [0.5, 0.6) is 0 Å². The molecule has 0 heterocycles. The van der Waals surface area contributed by atoms with Crippen LogP contribution in [0.15, 0.2) is 18.2 Å². The summed E-state index contributed by atoms with van der Waals surface area (Å²) in [4.78, 5) is 11.5. The van der Waals surface area contributed by atoms with E-state index in [1.807, 2.05) is 0 Å². The lowest BCUT2D eigenvalue weighted by molar-refractivity contribution is 0.0954. The van der Waals surface area contributed by atoms with Gasteiger partial charge in [-0.3, -0.25) is 4.79 Å². The summed E-state index contributed by atoms with van der Waals surface area (Å²) in [6, 6.07) is 5.23. The van der Waals surface area contributed by atoms with Gasteiger partial charge in [0, 0.05) is 27.9 Å². The van der Waals surface area contributed by atoms with Crippen LogP contribution in [0, 0.1) is 3.57 Å². The van der Waals surface area contributed by atoms with Gasteiger partial charge in [0.15, 0.2) is 0 Å². The van der Waals surface area contributed by atoms with E-state index in [1.54, 1.807) is 18.2 Å². The second-order valence-electron chi connectivity index (χ2n) is 2.82. The fraction of sp³-hybridized carbons (Fsp3) is 0.222. The molecule has 0 aliphatic heterocycles. The molecular formula is C9H12IN3O. The Bertz CT molecular complexity index is 321. The highest BCUT2D eigenvalue weighted by Gasteiger charge is 2.05. The van der Waals surface area contributed by atoms with E-state index in [4.69, 9.17) is 11.5 Å². The third kappa shape index (κ3) is 3.15. The van der Waals surface area contributed by atoms with Crippen molar-refractivity contribution in [2.75, 3.05) is 18.8 Å². The van der Waals surface area contributed by atoms with Gasteiger partial charge in [-0.1, -0.05) is 0 Å². The number of benzene rings is 1. The molecule has 0 saturated carbocycles. The molecule has 4 nitrogen and oxygen atoms in total. The number of halogens is 1. The Balaban J connectivity index is 2.79. The van der Waals surface area contributed by atoms with Gasteiger partial charge in [0.1, 0.15) is 0 Å². The van der Waals surface area contributed by atoms with Crippen molar-refractivity contribution >= 4 is 34.2 Å². The number of hydrogen-bond donors (Lipinski definition) is 3. The van der Waals surface area contributed by atoms with E-state index in [-0.39, 0.29) is 5.91 Å². The molecule has 1 amide bonds. The minimum Gasteiger partial charge on any atom is -0.399 e. The van der Waals surface area contributed by atoms with Gasteiger partial charge in [0.05, 0.1) is 0 Å². The minimum absolute atomic E-state index is 0.138. The summed E-state index contributed by atoms with van der Waals surface area (Å²) >= 11 is 2.12. The van der Waals surface area contributed by atoms with Crippen LogP contribution < -0.4 is 16.8 Å². The predicted octanol–water partition coefficient (Wildman–Crippen LogP) is 0.562. The zero-order valence-corrected chi connectivity index (χ0v) is 9.74. The zero-order valence-electron chi connectivity index (χ0n) is 7.59. The zero-order chi connectivity index (χ0) is 10.6. The Morgan fingerprint density at radius 3 is 2.71 bits per heavy atom. The monoisotopic (exact) mass is 305 g/mol. The minimum atomic E-state index is -0.138. The average Bonchev–Trinajstić information content (AvgIpc) is 2.12. The molecule has 1 rings (SSSR count). The highest BCUT2D eigenvalue weighted by Crippen LogP contribution is 2.13. The molecule has 76 valence electrons. The lowest BCUT2D eigenvalue weighted by Crippen LogP contribution is -2.29. The molecule has 5 heteroatoms. The first-order valence-electron chi connectivity index (χ1n) is 4.18. The molecule has 0 aromatic heterocycles. The van der Waals surface area contributed by atoms with Gasteiger partial charge in [-0.15, -0.1) is 0 Å². The Morgan fingerprint density at radius 1 is 1.43 bits per heavy atom. The van der Waals surface area contributed by atoms with Gasteiger partial charge in [-0.25, -0.2) is 0 Å². The number of rotatable bonds is 3. The van der Waals surface area contributed by atoms with Crippen molar-refractivity contribution in [2.24, 2.45) is 5.73 Å². The normalized spacial score (nSPS) is 9.86. The van der Waals surface area contributed by atoms with Crippen LogP contribution in [0.2, 0.25) is 0 Å². The number of amides is 1. The Kier molecular flexibility index (Phi) is 4.15. The van der Waals surface area contributed by atoms with E-state index in [9.17, 15) is 4.79 Å². The van der Waals surface area contributed by atoms with E-state index in [1.165, 1.54) is 0 Å². The Labute approximate surface area is 96.2 Å². The summed E-state index contributed by atoms with van der Waals surface area (Å²) in [5.74, 6) is -0.138. The van der Waals surface area contributed by atoms with Crippen LogP contribution in [0.3, 0.4) is 0 Å². The fourth-order valence-corrected chi connectivity index (χ4v) is 1.73. The van der Waals surface area contributed by atoms with Crippen LogP contribution in [-0.2, 0) is 0 Å². The lowest BCUT2D eigenvalue weighted by Gasteiger charge is -2.04. The average molecular weight is 305 g/mol. The van der Waals surface area contributed by atoms with E-state index in [0.717, 1.165) is 3.57 Å². The van der Waals surface area contributed by atoms with Gasteiger partial charge in [0.25, 0.3) is 5.91 Å². The number of hydrogen-bond acceptors (Lipinski definition) is 3. The van der Waals surface area contributed by atoms with Crippen LogP contribution in [0.4, 0.5) is 5.69 Å². The molecule has 0 bridgehead atoms. The van der Waals surface area contributed by atoms with Crippen molar-refractivity contribution in [1.82, 2.24) is 5.32 Å². The third-order valence-corrected chi connectivity index (χ3v) is 2.24. The molecule has 0 fully saturated rings. The molecule has 0 unspecified atom stereocenters. The summed E-state index contributed by atoms with van der Waals surface area (Å²) in [5, 5.41) is 2.68. The quantitative estimate of drug-likeness (QED) is 0.564. The molecule has 0 aliphatic carbocycles. The molecule has 1 aromatic rings. The standard InChI is InChI=1S/C9H12IN3O/c10-7-3-6(4-8(12)5-7)9(14)13-2-1-11/h3-5H,1-2,11-12H2,(H,13,14). The van der Waals surface area contributed by atoms with Crippen molar-refractivity contribution in [2.45, 2.75) is 0 Å². The number of nitrogen functional groups attached to an aromatic ring is 1.